The maximum absolute atomic E-state index is 12.1. The molecule has 0 spiro atoms. The van der Waals surface area contributed by atoms with Gasteiger partial charge in [-0.2, -0.15) is 5.10 Å². The Bertz CT molecular complexity index is 880. The van der Waals surface area contributed by atoms with Crippen molar-refractivity contribution in [1.29, 1.82) is 0 Å². The normalized spacial score (nSPS) is 18.4. The molecule has 0 atom stereocenters. The Hall–Kier alpha value is -1.86. The summed E-state index contributed by atoms with van der Waals surface area (Å²) in [7, 11) is -1.84. The molecule has 0 aromatic carbocycles. The van der Waals surface area contributed by atoms with Crippen LogP contribution in [0.2, 0.25) is 18.1 Å². The van der Waals surface area contributed by atoms with Crippen molar-refractivity contribution in [3.8, 4) is 0 Å². The Labute approximate surface area is 161 Å². The topological polar surface area (TPSA) is 56.1 Å². The highest BCUT2D eigenvalue weighted by Gasteiger charge is 2.37. The second kappa shape index (κ2) is 6.34. The molecule has 0 bridgehead atoms. The van der Waals surface area contributed by atoms with Gasteiger partial charge in [0.2, 0.25) is 0 Å². The van der Waals surface area contributed by atoms with Crippen molar-refractivity contribution in [2.45, 2.75) is 64.3 Å². The van der Waals surface area contributed by atoms with Crippen LogP contribution in [0.1, 0.15) is 50.8 Å². The van der Waals surface area contributed by atoms with Gasteiger partial charge in [0.15, 0.2) is 8.32 Å². The fraction of sp³-hybridized carbons (Fsp3) is 0.600. The summed E-state index contributed by atoms with van der Waals surface area (Å²) in [5, 5.41) is 4.92. The lowest BCUT2D eigenvalue weighted by Crippen LogP contribution is -2.40. The number of rotatable bonds is 5. The van der Waals surface area contributed by atoms with Gasteiger partial charge < -0.3 is 9.16 Å². The molecule has 7 heteroatoms. The third-order valence-corrected chi connectivity index (χ3v) is 10.6. The molecule has 0 radical (unpaired) electrons. The van der Waals surface area contributed by atoms with E-state index < -0.39 is 8.32 Å². The number of carbonyl (C=O) groups excluding carboxylic acids is 1. The second-order valence-corrected chi connectivity index (χ2v) is 14.0. The molecule has 1 saturated heterocycles. The number of ether oxygens (including phenoxy) is 1. The summed E-state index contributed by atoms with van der Waals surface area (Å²) in [4.78, 5) is 13.8. The number of cyclic esters (lactones) is 1. The van der Waals surface area contributed by atoms with E-state index in [1.165, 1.54) is 18.4 Å². The van der Waals surface area contributed by atoms with Gasteiger partial charge in [0.25, 0.3) is 0 Å². The van der Waals surface area contributed by atoms with Crippen molar-refractivity contribution in [2.75, 3.05) is 18.1 Å². The molecular weight excluding hydrogens is 358 g/mol. The number of nitrogens with zero attached hydrogens (tertiary/aromatic N) is 3. The molecule has 2 aromatic rings. The summed E-state index contributed by atoms with van der Waals surface area (Å²) in [6.07, 6.45) is 2.14. The number of hydrogen-bond donors (Lipinski definition) is 0. The van der Waals surface area contributed by atoms with Gasteiger partial charge >= 0.3 is 6.09 Å². The molecule has 1 aliphatic heterocycles. The first kappa shape index (κ1) is 18.5. The third kappa shape index (κ3) is 3.50. The van der Waals surface area contributed by atoms with E-state index in [0.29, 0.717) is 25.7 Å². The zero-order chi connectivity index (χ0) is 19.4. The van der Waals surface area contributed by atoms with Gasteiger partial charge in [0.05, 0.1) is 24.4 Å². The third-order valence-electron chi connectivity index (χ3n) is 6.09. The van der Waals surface area contributed by atoms with E-state index in [-0.39, 0.29) is 11.1 Å². The number of amides is 1. The SMILES string of the molecule is CC(C)(C)[Si](C)(C)OCc1cc2cc(C3CC3)cc(N3CCOC3=O)n2n1. The van der Waals surface area contributed by atoms with Crippen LogP contribution in [0.4, 0.5) is 10.6 Å². The molecule has 2 aliphatic rings. The molecular formula is C20H29N3O3Si. The molecule has 1 aliphatic carbocycles. The average Bonchev–Trinajstić information content (AvgIpc) is 3.21. The first-order valence-electron chi connectivity index (χ1n) is 9.76. The van der Waals surface area contributed by atoms with E-state index in [2.05, 4.69) is 52.1 Å². The Morgan fingerprint density at radius 1 is 1.26 bits per heavy atom. The summed E-state index contributed by atoms with van der Waals surface area (Å²) < 4.78 is 13.4. The molecule has 1 saturated carbocycles. The predicted molar refractivity (Wildman–Crippen MR) is 108 cm³/mol. The molecule has 2 aromatic heterocycles. The number of hydrogen-bond acceptors (Lipinski definition) is 4. The molecule has 1 amide bonds. The van der Waals surface area contributed by atoms with Crippen LogP contribution in [0.15, 0.2) is 18.2 Å². The van der Waals surface area contributed by atoms with E-state index in [4.69, 9.17) is 14.3 Å². The maximum Gasteiger partial charge on any atom is 0.415 e. The minimum atomic E-state index is -1.84. The molecule has 3 heterocycles. The summed E-state index contributed by atoms with van der Waals surface area (Å²) in [6.45, 7) is 12.7. The van der Waals surface area contributed by atoms with Gasteiger partial charge in [-0.1, -0.05) is 20.8 Å². The predicted octanol–water partition coefficient (Wildman–Crippen LogP) is 4.69. The van der Waals surface area contributed by atoms with Crippen molar-refractivity contribution in [3.63, 3.8) is 0 Å². The summed E-state index contributed by atoms with van der Waals surface area (Å²) in [5.41, 5.74) is 3.21. The number of aromatic nitrogens is 2. The maximum atomic E-state index is 12.1. The fourth-order valence-electron chi connectivity index (χ4n) is 3.14. The van der Waals surface area contributed by atoms with Gasteiger partial charge in [-0.25, -0.2) is 9.31 Å². The van der Waals surface area contributed by atoms with Crippen LogP contribution in [-0.2, 0) is 15.8 Å². The van der Waals surface area contributed by atoms with Crippen molar-refractivity contribution in [2.24, 2.45) is 0 Å². The Balaban J connectivity index is 1.67. The lowest BCUT2D eigenvalue weighted by Gasteiger charge is -2.35. The zero-order valence-electron chi connectivity index (χ0n) is 16.9. The largest absolute Gasteiger partial charge is 0.447 e. The highest BCUT2D eigenvalue weighted by atomic mass is 28.4. The Morgan fingerprint density at radius 3 is 2.59 bits per heavy atom. The minimum Gasteiger partial charge on any atom is -0.447 e. The standard InChI is InChI=1S/C20H29N3O3Si/c1-20(2,3)27(4,5)26-13-16-12-17-10-15(14-6-7-14)11-18(23(17)21-16)22-8-9-25-19(22)24/h10-12,14H,6-9,13H2,1-5H3. The van der Waals surface area contributed by atoms with Crippen LogP contribution in [0, 0.1) is 0 Å². The van der Waals surface area contributed by atoms with Gasteiger partial charge in [-0.05, 0) is 60.7 Å². The highest BCUT2D eigenvalue weighted by Crippen LogP contribution is 2.42. The summed E-state index contributed by atoms with van der Waals surface area (Å²) in [6, 6.07) is 6.39. The first-order chi connectivity index (χ1) is 12.7. The van der Waals surface area contributed by atoms with Crippen molar-refractivity contribution in [3.05, 3.63) is 29.5 Å². The Kier molecular flexibility index (Phi) is 4.34. The lowest BCUT2D eigenvalue weighted by molar-refractivity contribution is 0.181. The molecule has 0 unspecified atom stereocenters. The molecule has 146 valence electrons. The molecule has 4 rings (SSSR count). The molecule has 0 N–H and O–H groups in total. The quantitative estimate of drug-likeness (QED) is 0.699. The Morgan fingerprint density at radius 2 is 2.00 bits per heavy atom. The van der Waals surface area contributed by atoms with Crippen LogP contribution >= 0.6 is 0 Å². The molecule has 6 nitrogen and oxygen atoms in total. The minimum absolute atomic E-state index is 0.162. The van der Waals surface area contributed by atoms with Gasteiger partial charge in [0.1, 0.15) is 12.4 Å². The highest BCUT2D eigenvalue weighted by molar-refractivity contribution is 6.74. The van der Waals surface area contributed by atoms with Crippen LogP contribution in [0.3, 0.4) is 0 Å². The molecule has 2 fully saturated rings. The second-order valence-electron chi connectivity index (χ2n) is 9.21. The van der Waals surface area contributed by atoms with Gasteiger partial charge in [-0.15, -0.1) is 0 Å². The monoisotopic (exact) mass is 387 g/mol. The van der Waals surface area contributed by atoms with Crippen LogP contribution in [0.25, 0.3) is 5.52 Å². The fourth-order valence-corrected chi connectivity index (χ4v) is 4.09. The zero-order valence-corrected chi connectivity index (χ0v) is 17.9. The number of fused-ring (bicyclic) bond motifs is 1. The van der Waals surface area contributed by atoms with E-state index >= 15 is 0 Å². The smallest absolute Gasteiger partial charge is 0.415 e. The van der Waals surface area contributed by atoms with Crippen LogP contribution in [0.5, 0.6) is 0 Å². The average molecular weight is 388 g/mol. The number of anilines is 1. The summed E-state index contributed by atoms with van der Waals surface area (Å²) in [5.74, 6) is 1.41. The summed E-state index contributed by atoms with van der Waals surface area (Å²) >= 11 is 0. The van der Waals surface area contributed by atoms with Gasteiger partial charge in [-0.3, -0.25) is 4.90 Å². The van der Waals surface area contributed by atoms with Crippen LogP contribution < -0.4 is 4.90 Å². The lowest BCUT2D eigenvalue weighted by atomic mass is 10.1. The van der Waals surface area contributed by atoms with Crippen molar-refractivity contribution in [1.82, 2.24) is 9.61 Å². The first-order valence-corrected chi connectivity index (χ1v) is 12.7. The van der Waals surface area contributed by atoms with E-state index in [9.17, 15) is 4.79 Å². The van der Waals surface area contributed by atoms with E-state index in [1.807, 2.05) is 4.52 Å². The molecule has 27 heavy (non-hydrogen) atoms. The van der Waals surface area contributed by atoms with Gasteiger partial charge in [0, 0.05) is 0 Å². The van der Waals surface area contributed by atoms with E-state index in [0.717, 1.165) is 17.0 Å². The number of carbonyl (C=O) groups is 1. The van der Waals surface area contributed by atoms with E-state index in [1.54, 1.807) is 4.90 Å². The van der Waals surface area contributed by atoms with Crippen molar-refractivity contribution < 1.29 is 14.0 Å². The van der Waals surface area contributed by atoms with Crippen molar-refractivity contribution >= 4 is 25.7 Å². The number of pyridine rings is 1. The van der Waals surface area contributed by atoms with Crippen LogP contribution in [-0.4, -0.2) is 37.2 Å².